The predicted molar refractivity (Wildman–Crippen MR) is 62.1 cm³/mol. The fourth-order valence-corrected chi connectivity index (χ4v) is 2.55. The molecule has 0 unspecified atom stereocenters. The molecule has 2 rings (SSSR count). The van der Waals surface area contributed by atoms with E-state index in [0.717, 1.165) is 36.3 Å². The maximum absolute atomic E-state index is 9.87. The highest BCUT2D eigenvalue weighted by Crippen LogP contribution is 2.39. The van der Waals surface area contributed by atoms with Crippen molar-refractivity contribution in [2.24, 2.45) is 0 Å². The molecule has 1 fully saturated rings. The lowest BCUT2D eigenvalue weighted by Crippen LogP contribution is -2.29. The smallest absolute Gasteiger partial charge is 0.0620 e. The molecule has 0 amide bonds. The van der Waals surface area contributed by atoms with E-state index in [1.807, 2.05) is 25.1 Å². The van der Waals surface area contributed by atoms with Crippen molar-refractivity contribution in [1.29, 1.82) is 0 Å². The van der Waals surface area contributed by atoms with Crippen LogP contribution in [0, 0.1) is 6.07 Å². The van der Waals surface area contributed by atoms with Gasteiger partial charge in [-0.1, -0.05) is 23.7 Å². The topological polar surface area (TPSA) is 20.2 Å². The lowest BCUT2D eigenvalue weighted by Gasteiger charge is -2.33. The van der Waals surface area contributed by atoms with Gasteiger partial charge < -0.3 is 5.11 Å². The third-order valence-electron chi connectivity index (χ3n) is 3.31. The van der Waals surface area contributed by atoms with E-state index in [-0.39, 0.29) is 0 Å². The highest BCUT2D eigenvalue weighted by atomic mass is 35.5. The highest BCUT2D eigenvalue weighted by Gasteiger charge is 2.29. The molecule has 1 N–H and O–H groups in total. The van der Waals surface area contributed by atoms with Crippen LogP contribution in [-0.4, -0.2) is 10.7 Å². The number of hydrogen-bond donors (Lipinski definition) is 1. The summed E-state index contributed by atoms with van der Waals surface area (Å²) in [4.78, 5) is 0. The predicted octanol–water partition coefficient (Wildman–Crippen LogP) is 3.55. The Bertz CT molecular complexity index is 336. The molecule has 2 heteroatoms. The maximum atomic E-state index is 9.87. The minimum atomic E-state index is -0.474. The molecular formula is C13H16ClO. The lowest BCUT2D eigenvalue weighted by molar-refractivity contribution is 0.0171. The number of benzene rings is 1. The first-order valence-electron chi connectivity index (χ1n) is 5.47. The molecule has 1 aliphatic carbocycles. The van der Waals surface area contributed by atoms with Gasteiger partial charge in [0.15, 0.2) is 0 Å². The minimum Gasteiger partial charge on any atom is -0.390 e. The standard InChI is InChI=1S/C13H16ClO/c1-13(15)8-6-10(7-9-13)11-4-2-3-5-12(11)14/h2-3,5,10,15H,6-9H2,1H3/t10-,13-. The number of hydrogen-bond acceptors (Lipinski definition) is 1. The lowest BCUT2D eigenvalue weighted by atomic mass is 9.77. The van der Waals surface area contributed by atoms with Crippen molar-refractivity contribution in [2.45, 2.75) is 44.1 Å². The van der Waals surface area contributed by atoms with E-state index in [4.69, 9.17) is 11.6 Å². The molecule has 1 aromatic rings. The Balaban J connectivity index is 2.11. The summed E-state index contributed by atoms with van der Waals surface area (Å²) in [5.74, 6) is 0.471. The average molecular weight is 224 g/mol. The summed E-state index contributed by atoms with van der Waals surface area (Å²) in [7, 11) is 0. The quantitative estimate of drug-likeness (QED) is 0.772. The zero-order valence-electron chi connectivity index (χ0n) is 8.96. The zero-order valence-corrected chi connectivity index (χ0v) is 9.72. The normalized spacial score (nSPS) is 31.5. The molecule has 1 aromatic carbocycles. The van der Waals surface area contributed by atoms with E-state index >= 15 is 0 Å². The van der Waals surface area contributed by atoms with Crippen LogP contribution < -0.4 is 0 Å². The molecule has 1 radical (unpaired) electrons. The van der Waals surface area contributed by atoms with Crippen LogP contribution in [0.2, 0.25) is 5.02 Å². The largest absolute Gasteiger partial charge is 0.390 e. The van der Waals surface area contributed by atoms with Gasteiger partial charge in [-0.15, -0.1) is 0 Å². The molecule has 0 saturated heterocycles. The molecule has 1 aliphatic rings. The van der Waals surface area contributed by atoms with Crippen LogP contribution in [0.15, 0.2) is 18.2 Å². The van der Waals surface area contributed by atoms with Crippen molar-refractivity contribution in [3.63, 3.8) is 0 Å². The van der Waals surface area contributed by atoms with Crippen molar-refractivity contribution in [3.8, 4) is 0 Å². The van der Waals surface area contributed by atoms with Gasteiger partial charge in [0.2, 0.25) is 0 Å². The molecule has 0 spiro atoms. The summed E-state index contributed by atoms with van der Waals surface area (Å²) in [5, 5.41) is 10.7. The molecule has 0 aliphatic heterocycles. The highest BCUT2D eigenvalue weighted by molar-refractivity contribution is 6.31. The van der Waals surface area contributed by atoms with E-state index in [9.17, 15) is 5.11 Å². The molecule has 1 nitrogen and oxygen atoms in total. The first-order valence-corrected chi connectivity index (χ1v) is 5.85. The van der Waals surface area contributed by atoms with Crippen LogP contribution in [0.5, 0.6) is 0 Å². The van der Waals surface area contributed by atoms with Crippen molar-refractivity contribution in [1.82, 2.24) is 0 Å². The van der Waals surface area contributed by atoms with Gasteiger partial charge in [-0.3, -0.25) is 0 Å². The fraction of sp³-hybridized carbons (Fsp3) is 0.538. The summed E-state index contributed by atoms with van der Waals surface area (Å²) >= 11 is 6.13. The average Bonchev–Trinajstić information content (AvgIpc) is 2.19. The molecule has 1 saturated carbocycles. The van der Waals surface area contributed by atoms with Crippen LogP contribution in [0.4, 0.5) is 0 Å². The Morgan fingerprint density at radius 3 is 2.73 bits per heavy atom. The third kappa shape index (κ3) is 2.53. The maximum Gasteiger partial charge on any atom is 0.0620 e. The van der Waals surface area contributed by atoms with Crippen molar-refractivity contribution < 1.29 is 5.11 Å². The minimum absolute atomic E-state index is 0.471. The number of aliphatic hydroxyl groups is 1. The fourth-order valence-electron chi connectivity index (χ4n) is 2.27. The van der Waals surface area contributed by atoms with Gasteiger partial charge in [-0.05, 0) is 56.2 Å². The summed E-state index contributed by atoms with van der Waals surface area (Å²) in [6, 6.07) is 8.96. The number of halogens is 1. The Morgan fingerprint density at radius 2 is 2.13 bits per heavy atom. The van der Waals surface area contributed by atoms with Gasteiger partial charge >= 0.3 is 0 Å². The first-order chi connectivity index (χ1) is 7.08. The van der Waals surface area contributed by atoms with Gasteiger partial charge in [0.05, 0.1) is 5.60 Å². The molecule has 0 aromatic heterocycles. The molecule has 15 heavy (non-hydrogen) atoms. The van der Waals surface area contributed by atoms with Crippen molar-refractivity contribution in [2.75, 3.05) is 0 Å². The van der Waals surface area contributed by atoms with E-state index in [1.165, 1.54) is 0 Å². The monoisotopic (exact) mass is 223 g/mol. The zero-order chi connectivity index (χ0) is 10.9. The Labute approximate surface area is 96.1 Å². The second-order valence-electron chi connectivity index (χ2n) is 4.70. The Kier molecular flexibility index (Phi) is 3.03. The van der Waals surface area contributed by atoms with Gasteiger partial charge in [0.25, 0.3) is 0 Å². The molecule has 0 bridgehead atoms. The summed E-state index contributed by atoms with van der Waals surface area (Å²) in [6.07, 6.45) is 3.73. The van der Waals surface area contributed by atoms with Crippen LogP contribution >= 0.6 is 11.6 Å². The summed E-state index contributed by atoms with van der Waals surface area (Å²) in [6.45, 7) is 1.92. The molecule has 0 heterocycles. The van der Waals surface area contributed by atoms with E-state index in [0.29, 0.717) is 5.92 Å². The first kappa shape index (κ1) is 11.0. The van der Waals surface area contributed by atoms with Crippen LogP contribution in [-0.2, 0) is 0 Å². The molecule has 0 atom stereocenters. The SMILES string of the molecule is C[C@]1(O)CC[C@H](c2[c]cccc2Cl)CC1. The van der Waals surface area contributed by atoms with Crippen LogP contribution in [0.25, 0.3) is 0 Å². The molecular weight excluding hydrogens is 208 g/mol. The van der Waals surface area contributed by atoms with Gasteiger partial charge in [0.1, 0.15) is 0 Å². The van der Waals surface area contributed by atoms with Crippen LogP contribution in [0.1, 0.15) is 44.1 Å². The number of rotatable bonds is 1. The molecule has 81 valence electrons. The van der Waals surface area contributed by atoms with E-state index < -0.39 is 5.60 Å². The summed E-state index contributed by atoms with van der Waals surface area (Å²) < 4.78 is 0. The van der Waals surface area contributed by atoms with Gasteiger partial charge in [-0.2, -0.15) is 0 Å². The van der Waals surface area contributed by atoms with Gasteiger partial charge in [-0.25, -0.2) is 0 Å². The Morgan fingerprint density at radius 1 is 1.47 bits per heavy atom. The van der Waals surface area contributed by atoms with E-state index in [2.05, 4.69) is 6.07 Å². The second-order valence-corrected chi connectivity index (χ2v) is 5.11. The van der Waals surface area contributed by atoms with E-state index in [1.54, 1.807) is 0 Å². The Hall–Kier alpha value is -0.530. The third-order valence-corrected chi connectivity index (χ3v) is 3.64. The van der Waals surface area contributed by atoms with Crippen LogP contribution in [0.3, 0.4) is 0 Å². The van der Waals surface area contributed by atoms with Crippen molar-refractivity contribution >= 4 is 11.6 Å². The second kappa shape index (κ2) is 4.15. The van der Waals surface area contributed by atoms with Crippen molar-refractivity contribution in [3.05, 3.63) is 34.9 Å². The summed E-state index contributed by atoms with van der Waals surface area (Å²) in [5.41, 5.74) is 0.646. The van der Waals surface area contributed by atoms with Gasteiger partial charge in [0, 0.05) is 5.02 Å².